The smallest absolute Gasteiger partial charge is 0.337 e. The monoisotopic (exact) mass is 323 g/mol. The highest BCUT2D eigenvalue weighted by atomic mass is 16.5. The number of nitrogens with zero attached hydrogens (tertiary/aromatic N) is 1. The van der Waals surface area contributed by atoms with Crippen molar-refractivity contribution in [2.24, 2.45) is 0 Å². The molecule has 0 bridgehead atoms. The largest absolute Gasteiger partial charge is 0.465 e. The number of carbonyl (C=O) groups is 1. The van der Waals surface area contributed by atoms with E-state index in [0.29, 0.717) is 11.5 Å². The predicted octanol–water partition coefficient (Wildman–Crippen LogP) is 4.15. The van der Waals surface area contributed by atoms with E-state index in [-0.39, 0.29) is 5.97 Å². The van der Waals surface area contributed by atoms with E-state index in [1.165, 1.54) is 23.8 Å². The number of rotatable bonds is 4. The van der Waals surface area contributed by atoms with Crippen LogP contribution in [0.5, 0.6) is 0 Å². The van der Waals surface area contributed by atoms with Crippen molar-refractivity contribution >= 4 is 5.97 Å². The Morgan fingerprint density at radius 3 is 2.58 bits per heavy atom. The zero-order valence-corrected chi connectivity index (χ0v) is 14.7. The topological polar surface area (TPSA) is 29.5 Å². The molecule has 0 atom stereocenters. The van der Waals surface area contributed by atoms with Crippen LogP contribution in [0.1, 0.15) is 52.4 Å². The first-order chi connectivity index (χ1) is 11.6. The van der Waals surface area contributed by atoms with Crippen LogP contribution in [0.4, 0.5) is 0 Å². The summed E-state index contributed by atoms with van der Waals surface area (Å²) < 4.78 is 4.75. The van der Waals surface area contributed by atoms with Gasteiger partial charge in [-0.1, -0.05) is 44.2 Å². The van der Waals surface area contributed by atoms with E-state index in [1.54, 1.807) is 5.56 Å². The van der Waals surface area contributed by atoms with Gasteiger partial charge in [-0.2, -0.15) is 0 Å². The van der Waals surface area contributed by atoms with Gasteiger partial charge in [0.15, 0.2) is 0 Å². The van der Waals surface area contributed by atoms with Gasteiger partial charge in [-0.25, -0.2) is 4.79 Å². The van der Waals surface area contributed by atoms with E-state index in [1.807, 2.05) is 24.3 Å². The summed E-state index contributed by atoms with van der Waals surface area (Å²) in [5, 5.41) is 0. The van der Waals surface area contributed by atoms with E-state index in [9.17, 15) is 4.79 Å². The van der Waals surface area contributed by atoms with Gasteiger partial charge >= 0.3 is 5.97 Å². The van der Waals surface area contributed by atoms with Crippen molar-refractivity contribution in [3.8, 4) is 0 Å². The molecule has 2 aromatic rings. The number of benzene rings is 2. The van der Waals surface area contributed by atoms with E-state index >= 15 is 0 Å². The van der Waals surface area contributed by atoms with E-state index in [4.69, 9.17) is 4.74 Å². The van der Waals surface area contributed by atoms with Gasteiger partial charge in [-0.05, 0) is 46.7 Å². The number of hydrogen-bond donors (Lipinski definition) is 0. The fraction of sp³-hybridized carbons (Fsp3) is 0.381. The number of carbonyl (C=O) groups excluding carboxylic acids is 1. The van der Waals surface area contributed by atoms with Gasteiger partial charge in [-0.3, -0.25) is 4.90 Å². The molecule has 0 spiro atoms. The Hall–Kier alpha value is -2.13. The number of fused-ring (bicyclic) bond motifs is 1. The van der Waals surface area contributed by atoms with Crippen LogP contribution in [0, 0.1) is 0 Å². The first-order valence-corrected chi connectivity index (χ1v) is 8.58. The van der Waals surface area contributed by atoms with Crippen LogP contribution in [0.3, 0.4) is 0 Å². The summed E-state index contributed by atoms with van der Waals surface area (Å²) in [6, 6.07) is 14.4. The van der Waals surface area contributed by atoms with Crippen molar-refractivity contribution in [1.29, 1.82) is 0 Å². The molecule has 24 heavy (non-hydrogen) atoms. The average Bonchev–Trinajstić information content (AvgIpc) is 2.61. The number of hydrogen-bond acceptors (Lipinski definition) is 3. The summed E-state index contributed by atoms with van der Waals surface area (Å²) in [5.41, 5.74) is 6.33. The predicted molar refractivity (Wildman–Crippen MR) is 96.1 cm³/mol. The molecule has 0 aliphatic carbocycles. The summed E-state index contributed by atoms with van der Waals surface area (Å²) >= 11 is 0. The van der Waals surface area contributed by atoms with Gasteiger partial charge in [-0.15, -0.1) is 0 Å². The van der Waals surface area contributed by atoms with Crippen LogP contribution in [0.2, 0.25) is 0 Å². The first-order valence-electron chi connectivity index (χ1n) is 8.58. The third-order valence-corrected chi connectivity index (χ3v) is 4.78. The Labute approximate surface area is 144 Å². The molecular formula is C21H25NO2. The summed E-state index contributed by atoms with van der Waals surface area (Å²) in [4.78, 5) is 14.0. The minimum absolute atomic E-state index is 0.283. The minimum atomic E-state index is -0.283. The lowest BCUT2D eigenvalue weighted by molar-refractivity contribution is 0.0600. The molecule has 0 N–H and O–H groups in total. The molecule has 1 heterocycles. The van der Waals surface area contributed by atoms with Crippen molar-refractivity contribution in [1.82, 2.24) is 4.90 Å². The molecule has 1 aliphatic rings. The fourth-order valence-electron chi connectivity index (χ4n) is 3.50. The van der Waals surface area contributed by atoms with Crippen LogP contribution in [0.25, 0.3) is 0 Å². The minimum Gasteiger partial charge on any atom is -0.465 e. The molecule has 126 valence electrons. The average molecular weight is 323 g/mol. The Balaban J connectivity index is 1.70. The van der Waals surface area contributed by atoms with Crippen molar-refractivity contribution in [2.45, 2.75) is 39.3 Å². The van der Waals surface area contributed by atoms with E-state index in [0.717, 1.165) is 26.1 Å². The molecule has 0 aromatic heterocycles. The molecule has 0 fully saturated rings. The molecule has 0 amide bonds. The lowest BCUT2D eigenvalue weighted by Crippen LogP contribution is -2.30. The van der Waals surface area contributed by atoms with Crippen LogP contribution in [-0.2, 0) is 24.2 Å². The van der Waals surface area contributed by atoms with E-state index < -0.39 is 0 Å². The van der Waals surface area contributed by atoms with E-state index in [2.05, 4.69) is 36.9 Å². The highest BCUT2D eigenvalue weighted by Gasteiger charge is 2.19. The van der Waals surface area contributed by atoms with Crippen LogP contribution in [0.15, 0.2) is 42.5 Å². The zero-order chi connectivity index (χ0) is 17.1. The van der Waals surface area contributed by atoms with Crippen LogP contribution >= 0.6 is 0 Å². The molecule has 3 rings (SSSR count). The van der Waals surface area contributed by atoms with Crippen molar-refractivity contribution < 1.29 is 9.53 Å². The third-order valence-electron chi connectivity index (χ3n) is 4.78. The number of esters is 1. The van der Waals surface area contributed by atoms with Crippen LogP contribution in [-0.4, -0.2) is 24.5 Å². The standard InChI is InChI=1S/C21H25NO2/c1-15(2)19-6-4-5-18-14-22(12-11-20(18)19)13-16-7-9-17(10-8-16)21(23)24-3/h4-10,15H,11-14H2,1-3H3. The van der Waals surface area contributed by atoms with Gasteiger partial charge in [0, 0.05) is 19.6 Å². The number of ether oxygens (including phenoxy) is 1. The molecule has 1 aliphatic heterocycles. The first kappa shape index (κ1) is 16.7. The third kappa shape index (κ3) is 3.51. The maximum atomic E-state index is 11.5. The fourth-order valence-corrected chi connectivity index (χ4v) is 3.50. The van der Waals surface area contributed by atoms with Crippen LogP contribution < -0.4 is 0 Å². The molecule has 3 heteroatoms. The summed E-state index contributed by atoms with van der Waals surface area (Å²) in [6.45, 7) is 7.52. The molecule has 0 saturated carbocycles. The normalized spacial score (nSPS) is 14.5. The Morgan fingerprint density at radius 1 is 1.17 bits per heavy atom. The second-order valence-corrected chi connectivity index (χ2v) is 6.79. The second-order valence-electron chi connectivity index (χ2n) is 6.79. The molecule has 0 unspecified atom stereocenters. The van der Waals surface area contributed by atoms with Crippen molar-refractivity contribution in [2.75, 3.05) is 13.7 Å². The Bertz CT molecular complexity index is 719. The SMILES string of the molecule is COC(=O)c1ccc(CN2CCc3c(cccc3C(C)C)C2)cc1. The number of methoxy groups -OCH3 is 1. The lowest BCUT2D eigenvalue weighted by atomic mass is 9.89. The summed E-state index contributed by atoms with van der Waals surface area (Å²) in [5.74, 6) is 0.298. The highest BCUT2D eigenvalue weighted by molar-refractivity contribution is 5.89. The molecular weight excluding hydrogens is 298 g/mol. The summed E-state index contributed by atoms with van der Waals surface area (Å²) in [6.07, 6.45) is 1.12. The van der Waals surface area contributed by atoms with Gasteiger partial charge in [0.05, 0.1) is 12.7 Å². The molecule has 0 radical (unpaired) electrons. The molecule has 0 saturated heterocycles. The van der Waals surface area contributed by atoms with Gasteiger partial charge in [0.2, 0.25) is 0 Å². The van der Waals surface area contributed by atoms with Crippen molar-refractivity contribution in [3.63, 3.8) is 0 Å². The highest BCUT2D eigenvalue weighted by Crippen LogP contribution is 2.28. The Morgan fingerprint density at radius 2 is 1.92 bits per heavy atom. The second kappa shape index (κ2) is 7.18. The lowest BCUT2D eigenvalue weighted by Gasteiger charge is -2.31. The quantitative estimate of drug-likeness (QED) is 0.792. The molecule has 3 nitrogen and oxygen atoms in total. The maximum Gasteiger partial charge on any atom is 0.337 e. The maximum absolute atomic E-state index is 11.5. The van der Waals surface area contributed by atoms with Gasteiger partial charge in [0.1, 0.15) is 0 Å². The Kier molecular flexibility index (Phi) is 5.00. The molecule has 2 aromatic carbocycles. The van der Waals surface area contributed by atoms with Gasteiger partial charge < -0.3 is 4.74 Å². The van der Waals surface area contributed by atoms with Gasteiger partial charge in [0.25, 0.3) is 0 Å². The summed E-state index contributed by atoms with van der Waals surface area (Å²) in [7, 11) is 1.41. The zero-order valence-electron chi connectivity index (χ0n) is 14.7. The van der Waals surface area contributed by atoms with Crippen molar-refractivity contribution in [3.05, 3.63) is 70.3 Å².